The number of benzene rings is 1. The van der Waals surface area contributed by atoms with Gasteiger partial charge in [0.25, 0.3) is 0 Å². The molecule has 7 nitrogen and oxygen atoms in total. The van der Waals surface area contributed by atoms with E-state index in [1.54, 1.807) is 4.90 Å². The average molecular weight is 447 g/mol. The van der Waals surface area contributed by atoms with Crippen molar-refractivity contribution >= 4 is 22.8 Å². The van der Waals surface area contributed by atoms with Crippen LogP contribution in [0.2, 0.25) is 0 Å². The molecular formula is C22H24F3N5O2. The van der Waals surface area contributed by atoms with Crippen LogP contribution in [0.25, 0.3) is 11.0 Å². The van der Waals surface area contributed by atoms with Crippen molar-refractivity contribution in [2.75, 3.05) is 25.4 Å². The second kappa shape index (κ2) is 8.68. The Bertz CT molecular complexity index is 1130. The van der Waals surface area contributed by atoms with Gasteiger partial charge in [-0.3, -0.25) is 9.89 Å². The maximum absolute atomic E-state index is 13.6. The summed E-state index contributed by atoms with van der Waals surface area (Å²) in [5, 5.41) is 5.97. The molecule has 1 saturated heterocycles. The number of hydrogen-bond acceptors (Lipinski definition) is 5. The lowest BCUT2D eigenvalue weighted by atomic mass is 9.92. The smallest absolute Gasteiger partial charge is 0.417 e. The maximum atomic E-state index is 13.6. The van der Waals surface area contributed by atoms with Gasteiger partial charge in [0.05, 0.1) is 24.0 Å². The third kappa shape index (κ3) is 4.49. The molecule has 1 aromatic carbocycles. The second-order valence-electron chi connectivity index (χ2n) is 7.97. The highest BCUT2D eigenvalue weighted by molar-refractivity contribution is 5.89. The molecule has 0 radical (unpaired) electrons. The molecule has 1 atom stereocenters. The minimum absolute atomic E-state index is 0.0672. The van der Waals surface area contributed by atoms with Crippen molar-refractivity contribution in [1.82, 2.24) is 20.1 Å². The quantitative estimate of drug-likeness (QED) is 0.615. The first kappa shape index (κ1) is 21.9. The Morgan fingerprint density at radius 2 is 2.12 bits per heavy atom. The molecule has 0 aliphatic carbocycles. The largest absolute Gasteiger partial charge is 0.493 e. The van der Waals surface area contributed by atoms with Crippen molar-refractivity contribution in [2.45, 2.75) is 38.3 Å². The van der Waals surface area contributed by atoms with Crippen LogP contribution in [0.3, 0.4) is 0 Å². The zero-order valence-electron chi connectivity index (χ0n) is 17.6. The molecular weight excluding hydrogens is 423 g/mol. The van der Waals surface area contributed by atoms with Gasteiger partial charge in [-0.1, -0.05) is 18.2 Å². The molecule has 1 aliphatic rings. The maximum Gasteiger partial charge on any atom is 0.417 e. The number of aromatic amines is 1. The fourth-order valence-electron chi connectivity index (χ4n) is 4.07. The van der Waals surface area contributed by atoms with E-state index in [4.69, 9.17) is 10.5 Å². The lowest BCUT2D eigenvalue weighted by Crippen LogP contribution is -2.39. The molecule has 1 fully saturated rings. The summed E-state index contributed by atoms with van der Waals surface area (Å²) in [5.74, 6) is 0.158. The van der Waals surface area contributed by atoms with Crippen molar-refractivity contribution in [1.29, 1.82) is 0 Å². The summed E-state index contributed by atoms with van der Waals surface area (Å²) in [5.41, 5.74) is 5.96. The van der Waals surface area contributed by atoms with Crippen molar-refractivity contribution in [3.63, 3.8) is 0 Å². The van der Waals surface area contributed by atoms with Gasteiger partial charge in [0.2, 0.25) is 5.91 Å². The van der Waals surface area contributed by atoms with E-state index < -0.39 is 11.7 Å². The average Bonchev–Trinajstić information content (AvgIpc) is 3.14. The van der Waals surface area contributed by atoms with Gasteiger partial charge < -0.3 is 15.4 Å². The van der Waals surface area contributed by atoms with Crippen LogP contribution >= 0.6 is 0 Å². The van der Waals surface area contributed by atoms with Gasteiger partial charge in [-0.2, -0.15) is 18.3 Å². The number of fused-ring (bicyclic) bond motifs is 1. The summed E-state index contributed by atoms with van der Waals surface area (Å²) >= 11 is 0. The number of nitrogens with one attached hydrogen (secondary N) is 1. The minimum atomic E-state index is -4.59. The zero-order chi connectivity index (χ0) is 22.9. The van der Waals surface area contributed by atoms with Crippen LogP contribution in [-0.2, 0) is 11.0 Å². The minimum Gasteiger partial charge on any atom is -0.493 e. The van der Waals surface area contributed by atoms with Gasteiger partial charge >= 0.3 is 6.18 Å². The summed E-state index contributed by atoms with van der Waals surface area (Å²) in [7, 11) is 0. The van der Waals surface area contributed by atoms with Crippen LogP contribution in [0.15, 0.2) is 30.3 Å². The standard InChI is InChI=1S/C22H24F3N5O2/c1-13-5-2-3-7-17(13)32-10-8-18(31)30-9-4-6-14(12-30)16-11-15(22(23,24)25)19-20(26)28-29-21(19)27-16/h2-3,5,7,11,14H,4,6,8-10,12H2,1H3,(H3,26,27,28,29)/t14-/m0/s1. The first-order valence-corrected chi connectivity index (χ1v) is 10.4. The predicted molar refractivity (Wildman–Crippen MR) is 113 cm³/mol. The summed E-state index contributed by atoms with van der Waals surface area (Å²) in [6.07, 6.45) is -3.08. The summed E-state index contributed by atoms with van der Waals surface area (Å²) < 4.78 is 46.6. The van der Waals surface area contributed by atoms with Crippen molar-refractivity contribution in [3.05, 3.63) is 47.2 Å². The number of aryl methyl sites for hydroxylation is 1. The van der Waals surface area contributed by atoms with Gasteiger partial charge in [-0.05, 0) is 37.5 Å². The number of para-hydroxylation sites is 1. The monoisotopic (exact) mass is 447 g/mol. The van der Waals surface area contributed by atoms with Crippen LogP contribution < -0.4 is 10.5 Å². The molecule has 1 aliphatic heterocycles. The van der Waals surface area contributed by atoms with E-state index in [0.717, 1.165) is 17.4 Å². The number of aromatic nitrogens is 3. The third-order valence-corrected chi connectivity index (χ3v) is 5.74. The molecule has 10 heteroatoms. The molecule has 0 saturated carbocycles. The highest BCUT2D eigenvalue weighted by atomic mass is 19.4. The molecule has 1 amide bonds. The number of H-pyrrole nitrogens is 1. The number of hydrogen-bond donors (Lipinski definition) is 2. The number of rotatable bonds is 5. The van der Waals surface area contributed by atoms with Crippen LogP contribution in [0, 0.1) is 6.92 Å². The zero-order valence-corrected chi connectivity index (χ0v) is 17.6. The Morgan fingerprint density at radius 1 is 1.34 bits per heavy atom. The van der Waals surface area contributed by atoms with Crippen LogP contribution in [0.4, 0.5) is 19.0 Å². The van der Waals surface area contributed by atoms with E-state index >= 15 is 0 Å². The van der Waals surface area contributed by atoms with Crippen molar-refractivity contribution < 1.29 is 22.7 Å². The number of nitrogens with zero attached hydrogens (tertiary/aromatic N) is 3. The Hall–Kier alpha value is -3.30. The summed E-state index contributed by atoms with van der Waals surface area (Å²) in [6.45, 7) is 3.03. The number of likely N-dealkylation sites (tertiary alicyclic amines) is 1. The summed E-state index contributed by atoms with van der Waals surface area (Å²) in [6, 6.07) is 8.59. The first-order valence-electron chi connectivity index (χ1n) is 10.4. The Morgan fingerprint density at radius 3 is 2.88 bits per heavy atom. The number of amides is 1. The fraction of sp³-hybridized carbons (Fsp3) is 0.409. The van der Waals surface area contributed by atoms with Crippen molar-refractivity contribution in [2.24, 2.45) is 0 Å². The van der Waals surface area contributed by atoms with E-state index in [9.17, 15) is 18.0 Å². The first-order chi connectivity index (χ1) is 15.2. The predicted octanol–water partition coefficient (Wildman–Crippen LogP) is 4.04. The highest BCUT2D eigenvalue weighted by Crippen LogP contribution is 2.38. The van der Waals surface area contributed by atoms with E-state index in [1.807, 2.05) is 31.2 Å². The number of halogens is 3. The summed E-state index contributed by atoms with van der Waals surface area (Å²) in [4.78, 5) is 18.7. The van der Waals surface area contributed by atoms with Gasteiger partial charge in [0.15, 0.2) is 5.65 Å². The number of piperidine rings is 1. The number of pyridine rings is 1. The molecule has 3 heterocycles. The SMILES string of the molecule is Cc1ccccc1OCCC(=O)N1CCC[C@H](c2cc(C(F)(F)F)c3c(N)[nH]nc3n2)C1. The molecule has 2 aromatic heterocycles. The normalized spacial score (nSPS) is 17.0. The lowest BCUT2D eigenvalue weighted by molar-refractivity contribution is -0.136. The van der Waals surface area contributed by atoms with Gasteiger partial charge in [0.1, 0.15) is 11.6 Å². The number of nitrogen functional groups attached to an aromatic ring is 1. The molecule has 0 spiro atoms. The van der Waals surface area contributed by atoms with Crippen LogP contribution in [0.5, 0.6) is 5.75 Å². The molecule has 0 bridgehead atoms. The molecule has 3 aromatic rings. The number of carbonyl (C=O) groups excluding carboxylic acids is 1. The van der Waals surface area contributed by atoms with E-state index in [1.165, 1.54) is 0 Å². The van der Waals surface area contributed by atoms with Gasteiger partial charge in [-0.15, -0.1) is 0 Å². The third-order valence-electron chi connectivity index (χ3n) is 5.74. The fourth-order valence-corrected chi connectivity index (χ4v) is 4.07. The van der Waals surface area contributed by atoms with Gasteiger partial charge in [0, 0.05) is 24.7 Å². The molecule has 32 heavy (non-hydrogen) atoms. The van der Waals surface area contributed by atoms with E-state index in [0.29, 0.717) is 25.9 Å². The van der Waals surface area contributed by atoms with E-state index in [2.05, 4.69) is 15.2 Å². The topological polar surface area (TPSA) is 97.1 Å². The lowest BCUT2D eigenvalue weighted by Gasteiger charge is -2.33. The number of nitrogens with two attached hydrogens (primary N) is 1. The van der Waals surface area contributed by atoms with Crippen LogP contribution in [-0.4, -0.2) is 45.7 Å². The van der Waals surface area contributed by atoms with Crippen molar-refractivity contribution in [3.8, 4) is 5.75 Å². The molecule has 3 N–H and O–H groups in total. The Balaban J connectivity index is 1.46. The number of ether oxygens (including phenoxy) is 1. The van der Waals surface area contributed by atoms with Crippen LogP contribution in [0.1, 0.15) is 42.0 Å². The second-order valence-corrected chi connectivity index (χ2v) is 7.97. The molecule has 0 unspecified atom stereocenters. The Labute approximate surface area is 182 Å². The van der Waals surface area contributed by atoms with Gasteiger partial charge in [-0.25, -0.2) is 4.98 Å². The molecule has 170 valence electrons. The Kier molecular flexibility index (Phi) is 5.94. The molecule has 4 rings (SSSR count). The number of carbonyl (C=O) groups is 1. The highest BCUT2D eigenvalue weighted by Gasteiger charge is 2.36. The van der Waals surface area contributed by atoms with E-state index in [-0.39, 0.29) is 47.4 Å². The number of alkyl halides is 3. The number of anilines is 1.